The van der Waals surface area contributed by atoms with Crippen LogP contribution in [0.15, 0.2) is 48.5 Å². The Morgan fingerprint density at radius 3 is 0.906 bits per heavy atom. The van der Waals surface area contributed by atoms with Crippen molar-refractivity contribution in [1.82, 2.24) is 19.9 Å². The molecular formula is C26H26N6. The van der Waals surface area contributed by atoms with E-state index in [0.717, 1.165) is 57.4 Å². The smallest absolute Gasteiger partial charge is 0.183 e. The summed E-state index contributed by atoms with van der Waals surface area (Å²) >= 11 is 0. The second-order valence-electron chi connectivity index (χ2n) is 8.43. The molecule has 4 aromatic rings. The molecule has 0 spiro atoms. The van der Waals surface area contributed by atoms with Crippen molar-refractivity contribution in [3.05, 3.63) is 82.4 Å². The van der Waals surface area contributed by atoms with Gasteiger partial charge in [-0.05, 0) is 65.8 Å². The van der Waals surface area contributed by atoms with E-state index in [1.54, 1.807) is 0 Å². The van der Waals surface area contributed by atoms with Crippen molar-refractivity contribution >= 4 is 34.6 Å². The van der Waals surface area contributed by atoms with Gasteiger partial charge in [0.25, 0.3) is 0 Å². The minimum absolute atomic E-state index is 0.752. The molecule has 160 valence electrons. The number of rotatable bonds is 2. The normalized spacial score (nSPS) is 12.6. The van der Waals surface area contributed by atoms with E-state index in [0.29, 0.717) is 0 Å². The molecule has 0 fully saturated rings. The van der Waals surface area contributed by atoms with Crippen LogP contribution in [0.4, 0.5) is 34.6 Å². The zero-order valence-electron chi connectivity index (χ0n) is 19.3. The van der Waals surface area contributed by atoms with E-state index in [4.69, 9.17) is 19.9 Å². The van der Waals surface area contributed by atoms with Gasteiger partial charge in [0.05, 0.1) is 22.8 Å². The summed E-state index contributed by atoms with van der Waals surface area (Å²) in [4.78, 5) is 24.1. The number of fused-ring (bicyclic) bond motifs is 2. The lowest BCUT2D eigenvalue weighted by molar-refractivity contribution is 0.928. The lowest BCUT2D eigenvalue weighted by atomic mass is 10.1. The lowest BCUT2D eigenvalue weighted by Gasteiger charge is -2.37. The average molecular weight is 423 g/mol. The van der Waals surface area contributed by atoms with Gasteiger partial charge in [-0.3, -0.25) is 9.80 Å². The number of hydrogen-bond donors (Lipinski definition) is 0. The van der Waals surface area contributed by atoms with Gasteiger partial charge in [0.2, 0.25) is 0 Å². The van der Waals surface area contributed by atoms with Gasteiger partial charge in [-0.2, -0.15) is 0 Å². The Bertz CT molecular complexity index is 1160. The summed E-state index contributed by atoms with van der Waals surface area (Å²) in [5, 5.41) is 0. The molecule has 0 N–H and O–H groups in total. The predicted molar refractivity (Wildman–Crippen MR) is 129 cm³/mol. The molecule has 32 heavy (non-hydrogen) atoms. The largest absolute Gasteiger partial charge is 0.273 e. The third-order valence-electron chi connectivity index (χ3n) is 5.97. The Morgan fingerprint density at radius 1 is 0.406 bits per heavy atom. The quantitative estimate of drug-likeness (QED) is 0.329. The Labute approximate surface area is 188 Å². The van der Waals surface area contributed by atoms with Crippen molar-refractivity contribution in [1.29, 1.82) is 0 Å². The maximum atomic E-state index is 4.99. The van der Waals surface area contributed by atoms with E-state index in [1.165, 1.54) is 11.1 Å². The second-order valence-corrected chi connectivity index (χ2v) is 8.43. The molecule has 0 aliphatic carbocycles. The fourth-order valence-corrected chi connectivity index (χ4v) is 3.84. The molecule has 6 nitrogen and oxygen atoms in total. The molecule has 5 rings (SSSR count). The van der Waals surface area contributed by atoms with Crippen LogP contribution < -0.4 is 9.80 Å². The van der Waals surface area contributed by atoms with Crippen LogP contribution in [-0.2, 0) is 0 Å². The van der Waals surface area contributed by atoms with Gasteiger partial charge in [-0.25, -0.2) is 19.9 Å². The summed E-state index contributed by atoms with van der Waals surface area (Å²) in [5.41, 5.74) is 7.94. The summed E-state index contributed by atoms with van der Waals surface area (Å²) in [6.07, 6.45) is 0. The number of benzene rings is 2. The van der Waals surface area contributed by atoms with Crippen LogP contribution >= 0.6 is 0 Å². The molecule has 0 atom stereocenters. The van der Waals surface area contributed by atoms with Crippen molar-refractivity contribution in [2.45, 2.75) is 41.5 Å². The maximum absolute atomic E-state index is 4.99. The number of aromatic nitrogens is 4. The molecular weight excluding hydrogens is 396 g/mol. The van der Waals surface area contributed by atoms with E-state index >= 15 is 0 Å². The van der Waals surface area contributed by atoms with Crippen molar-refractivity contribution < 1.29 is 0 Å². The molecule has 2 aromatic heterocycles. The summed E-state index contributed by atoms with van der Waals surface area (Å²) < 4.78 is 0. The summed E-state index contributed by atoms with van der Waals surface area (Å²) in [7, 11) is 0. The van der Waals surface area contributed by atoms with Gasteiger partial charge < -0.3 is 0 Å². The fourth-order valence-electron chi connectivity index (χ4n) is 3.84. The standard InChI is InChI=1S/C26H26N6/c1-15-7-11-21(12-8-15)31-23-25(29-19(5)17(3)27-23)32(22-13-9-16(2)10-14-22)26-24(31)28-18(4)20(6)30-26/h7-14H,1-6H3. The molecule has 2 aromatic carbocycles. The van der Waals surface area contributed by atoms with Crippen LogP contribution in [0.1, 0.15) is 33.9 Å². The molecule has 0 bridgehead atoms. The van der Waals surface area contributed by atoms with Gasteiger partial charge in [-0.1, -0.05) is 35.4 Å². The van der Waals surface area contributed by atoms with Crippen molar-refractivity contribution in [2.24, 2.45) is 0 Å². The zero-order chi connectivity index (χ0) is 22.6. The Morgan fingerprint density at radius 2 is 0.656 bits per heavy atom. The first kappa shape index (κ1) is 20.1. The molecule has 3 heterocycles. The molecule has 0 saturated carbocycles. The first-order valence-electron chi connectivity index (χ1n) is 10.8. The molecule has 6 heteroatoms. The van der Waals surface area contributed by atoms with E-state index in [2.05, 4.69) is 72.2 Å². The molecule has 1 aliphatic heterocycles. The maximum Gasteiger partial charge on any atom is 0.183 e. The highest BCUT2D eigenvalue weighted by molar-refractivity contribution is 5.95. The number of hydrogen-bond acceptors (Lipinski definition) is 6. The van der Waals surface area contributed by atoms with E-state index in [1.807, 2.05) is 27.7 Å². The minimum atomic E-state index is 0.752. The van der Waals surface area contributed by atoms with Crippen LogP contribution in [0.3, 0.4) is 0 Å². The monoisotopic (exact) mass is 422 g/mol. The first-order chi connectivity index (χ1) is 15.3. The number of nitrogens with zero attached hydrogens (tertiary/aromatic N) is 6. The highest BCUT2D eigenvalue weighted by atomic mass is 15.4. The predicted octanol–water partition coefficient (Wildman–Crippen LogP) is 6.37. The van der Waals surface area contributed by atoms with Gasteiger partial charge in [-0.15, -0.1) is 0 Å². The van der Waals surface area contributed by atoms with Crippen LogP contribution in [0.25, 0.3) is 0 Å². The van der Waals surface area contributed by atoms with Gasteiger partial charge >= 0.3 is 0 Å². The van der Waals surface area contributed by atoms with Crippen LogP contribution in [0, 0.1) is 41.5 Å². The van der Waals surface area contributed by atoms with E-state index in [9.17, 15) is 0 Å². The highest BCUT2D eigenvalue weighted by Crippen LogP contribution is 2.51. The van der Waals surface area contributed by atoms with Gasteiger partial charge in [0, 0.05) is 11.4 Å². The summed E-state index contributed by atoms with van der Waals surface area (Å²) in [6.45, 7) is 12.1. The Balaban J connectivity index is 1.85. The highest BCUT2D eigenvalue weighted by Gasteiger charge is 2.36. The SMILES string of the molecule is Cc1ccc(N2c3nc(C)c(C)nc3N(c3ccc(C)cc3)c3nc(C)c(C)nc32)cc1. The van der Waals surface area contributed by atoms with E-state index < -0.39 is 0 Å². The Kier molecular flexibility index (Phi) is 4.66. The molecule has 0 radical (unpaired) electrons. The van der Waals surface area contributed by atoms with Crippen molar-refractivity contribution in [2.75, 3.05) is 9.80 Å². The topological polar surface area (TPSA) is 58.0 Å². The first-order valence-corrected chi connectivity index (χ1v) is 10.8. The molecule has 1 aliphatic rings. The molecule has 0 amide bonds. The third kappa shape index (κ3) is 3.19. The number of aryl methyl sites for hydroxylation is 6. The molecule has 0 saturated heterocycles. The van der Waals surface area contributed by atoms with Gasteiger partial charge in [0.1, 0.15) is 0 Å². The fraction of sp³-hybridized carbons (Fsp3) is 0.231. The zero-order valence-corrected chi connectivity index (χ0v) is 19.3. The second kappa shape index (κ2) is 7.41. The summed E-state index contributed by atoms with van der Waals surface area (Å²) in [6, 6.07) is 16.8. The number of anilines is 6. The lowest BCUT2D eigenvalue weighted by Crippen LogP contribution is -2.29. The van der Waals surface area contributed by atoms with Crippen LogP contribution in [-0.4, -0.2) is 19.9 Å². The van der Waals surface area contributed by atoms with Crippen LogP contribution in [0.2, 0.25) is 0 Å². The van der Waals surface area contributed by atoms with Gasteiger partial charge in [0.15, 0.2) is 23.3 Å². The summed E-state index contributed by atoms with van der Waals surface area (Å²) in [5.74, 6) is 3.01. The van der Waals surface area contributed by atoms with Crippen molar-refractivity contribution in [3.8, 4) is 0 Å². The van der Waals surface area contributed by atoms with Crippen LogP contribution in [0.5, 0.6) is 0 Å². The van der Waals surface area contributed by atoms with Crippen molar-refractivity contribution in [3.63, 3.8) is 0 Å². The minimum Gasteiger partial charge on any atom is -0.273 e. The average Bonchev–Trinajstić information content (AvgIpc) is 2.76. The molecule has 0 unspecified atom stereocenters. The Hall–Kier alpha value is -3.80. The third-order valence-corrected chi connectivity index (χ3v) is 5.97. The van der Waals surface area contributed by atoms with E-state index in [-0.39, 0.29) is 0 Å².